The Morgan fingerprint density at radius 2 is 1.53 bits per heavy atom. The fraction of sp³-hybridized carbons (Fsp3) is 0.0417. The molecule has 1 saturated heterocycles. The molecule has 0 spiro atoms. The number of thiocarbonyl (C=S) groups is 1. The first-order chi connectivity index (χ1) is 14.5. The lowest BCUT2D eigenvalue weighted by molar-refractivity contribution is -0.122. The third-order valence-corrected chi connectivity index (χ3v) is 5.42. The SMILES string of the molecule is Cc1ccccc1-c1ccccc1/C=C1/C(=O)NC(=S)N(c2ccc(Cl)cc2)C1=O. The molecule has 4 nitrogen and oxygen atoms in total. The van der Waals surface area contributed by atoms with Crippen LogP contribution in [0, 0.1) is 6.92 Å². The quantitative estimate of drug-likeness (QED) is 0.354. The zero-order valence-electron chi connectivity index (χ0n) is 16.1. The highest BCUT2D eigenvalue weighted by Gasteiger charge is 2.34. The van der Waals surface area contributed by atoms with Crippen molar-refractivity contribution in [3.8, 4) is 11.1 Å². The molecule has 2 amide bonds. The number of hydrogen-bond acceptors (Lipinski definition) is 3. The second-order valence-electron chi connectivity index (χ2n) is 6.84. The van der Waals surface area contributed by atoms with Crippen molar-refractivity contribution in [3.63, 3.8) is 0 Å². The third kappa shape index (κ3) is 3.77. The molecule has 0 saturated carbocycles. The molecule has 1 heterocycles. The van der Waals surface area contributed by atoms with E-state index in [0.29, 0.717) is 10.7 Å². The van der Waals surface area contributed by atoms with Crippen LogP contribution in [-0.2, 0) is 9.59 Å². The summed E-state index contributed by atoms with van der Waals surface area (Å²) in [5.41, 5.74) is 4.40. The minimum Gasteiger partial charge on any atom is -0.298 e. The van der Waals surface area contributed by atoms with Crippen LogP contribution in [-0.4, -0.2) is 16.9 Å². The predicted octanol–water partition coefficient (Wildman–Crippen LogP) is 5.15. The van der Waals surface area contributed by atoms with E-state index in [1.807, 2.05) is 55.5 Å². The second-order valence-corrected chi connectivity index (χ2v) is 7.66. The smallest absolute Gasteiger partial charge is 0.270 e. The number of aryl methyl sites for hydroxylation is 1. The zero-order valence-corrected chi connectivity index (χ0v) is 17.6. The molecule has 3 aromatic rings. The third-order valence-electron chi connectivity index (χ3n) is 4.88. The molecular weight excluding hydrogens is 416 g/mol. The lowest BCUT2D eigenvalue weighted by atomic mass is 9.94. The summed E-state index contributed by atoms with van der Waals surface area (Å²) in [4.78, 5) is 27.2. The van der Waals surface area contributed by atoms with Gasteiger partial charge in [-0.25, -0.2) is 0 Å². The van der Waals surface area contributed by atoms with Crippen molar-refractivity contribution in [1.29, 1.82) is 0 Å². The number of hydrogen-bond donors (Lipinski definition) is 1. The molecule has 0 aromatic heterocycles. The van der Waals surface area contributed by atoms with Gasteiger partial charge in [-0.3, -0.25) is 19.8 Å². The van der Waals surface area contributed by atoms with Gasteiger partial charge in [0.05, 0.1) is 5.69 Å². The Morgan fingerprint density at radius 1 is 0.900 bits per heavy atom. The van der Waals surface area contributed by atoms with Gasteiger partial charge in [0, 0.05) is 5.02 Å². The van der Waals surface area contributed by atoms with Crippen molar-refractivity contribution in [2.24, 2.45) is 0 Å². The molecule has 6 heteroatoms. The van der Waals surface area contributed by atoms with Gasteiger partial charge < -0.3 is 0 Å². The first-order valence-electron chi connectivity index (χ1n) is 9.28. The van der Waals surface area contributed by atoms with Gasteiger partial charge in [-0.05, 0) is 71.7 Å². The van der Waals surface area contributed by atoms with Crippen LogP contribution in [0.15, 0.2) is 78.4 Å². The average Bonchev–Trinajstić information content (AvgIpc) is 2.73. The Hall–Kier alpha value is -3.28. The van der Waals surface area contributed by atoms with E-state index in [2.05, 4.69) is 5.32 Å². The standard InChI is InChI=1S/C24H17ClN2O2S/c1-15-6-2-4-8-19(15)20-9-5-3-7-16(20)14-21-22(28)26-24(30)27(23(21)29)18-12-10-17(25)11-13-18/h2-14H,1H3,(H,26,28,30)/b21-14-. The Balaban J connectivity index is 1.79. The van der Waals surface area contributed by atoms with E-state index < -0.39 is 11.8 Å². The highest BCUT2D eigenvalue weighted by atomic mass is 35.5. The number of nitrogens with zero attached hydrogens (tertiary/aromatic N) is 1. The molecule has 1 aliphatic heterocycles. The molecule has 30 heavy (non-hydrogen) atoms. The lowest BCUT2D eigenvalue weighted by Crippen LogP contribution is -2.54. The maximum absolute atomic E-state index is 13.2. The van der Waals surface area contributed by atoms with Crippen molar-refractivity contribution >= 4 is 52.5 Å². The van der Waals surface area contributed by atoms with Crippen molar-refractivity contribution < 1.29 is 9.59 Å². The number of benzene rings is 3. The number of anilines is 1. The Bertz CT molecular complexity index is 1200. The van der Waals surface area contributed by atoms with E-state index in [1.165, 1.54) is 4.90 Å². The topological polar surface area (TPSA) is 49.4 Å². The highest BCUT2D eigenvalue weighted by Crippen LogP contribution is 2.30. The summed E-state index contributed by atoms with van der Waals surface area (Å²) in [5.74, 6) is -1.000. The van der Waals surface area contributed by atoms with Crippen molar-refractivity contribution in [2.75, 3.05) is 4.90 Å². The molecule has 0 bridgehead atoms. The largest absolute Gasteiger partial charge is 0.298 e. The van der Waals surface area contributed by atoms with Gasteiger partial charge >= 0.3 is 0 Å². The summed E-state index contributed by atoms with van der Waals surface area (Å²) in [7, 11) is 0. The van der Waals surface area contributed by atoms with Gasteiger partial charge in [-0.15, -0.1) is 0 Å². The molecule has 0 aliphatic carbocycles. The number of nitrogens with one attached hydrogen (secondary N) is 1. The van der Waals surface area contributed by atoms with E-state index in [0.717, 1.165) is 22.3 Å². The molecule has 1 aliphatic rings. The minimum absolute atomic E-state index is 0.0135. The minimum atomic E-state index is -0.519. The Labute approximate surface area is 184 Å². The van der Waals surface area contributed by atoms with E-state index in [-0.39, 0.29) is 10.7 Å². The van der Waals surface area contributed by atoms with Gasteiger partial charge in [-0.1, -0.05) is 60.1 Å². The molecule has 148 valence electrons. The lowest BCUT2D eigenvalue weighted by Gasteiger charge is -2.29. The number of halogens is 1. The number of amides is 2. The van der Waals surface area contributed by atoms with Crippen molar-refractivity contribution in [2.45, 2.75) is 6.92 Å². The fourth-order valence-electron chi connectivity index (χ4n) is 3.38. The van der Waals surface area contributed by atoms with Crippen molar-refractivity contribution in [1.82, 2.24) is 5.32 Å². The van der Waals surface area contributed by atoms with Gasteiger partial charge in [0.15, 0.2) is 5.11 Å². The molecule has 0 atom stereocenters. The van der Waals surface area contributed by atoms with Gasteiger partial charge in [0.1, 0.15) is 5.57 Å². The van der Waals surface area contributed by atoms with Crippen LogP contribution in [0.25, 0.3) is 17.2 Å². The monoisotopic (exact) mass is 432 g/mol. The number of rotatable bonds is 3. The summed E-state index contributed by atoms with van der Waals surface area (Å²) in [6.07, 6.45) is 1.62. The maximum atomic E-state index is 13.2. The first-order valence-corrected chi connectivity index (χ1v) is 10.1. The van der Waals surface area contributed by atoms with Crippen LogP contribution in [0.3, 0.4) is 0 Å². The normalized spacial score (nSPS) is 15.5. The van der Waals surface area contributed by atoms with Crippen LogP contribution in [0.4, 0.5) is 5.69 Å². The van der Waals surface area contributed by atoms with Crippen LogP contribution in [0.1, 0.15) is 11.1 Å². The van der Waals surface area contributed by atoms with Gasteiger partial charge in [0.25, 0.3) is 11.8 Å². The van der Waals surface area contributed by atoms with Crippen LogP contribution >= 0.6 is 23.8 Å². The molecular formula is C24H17ClN2O2S. The molecule has 1 fully saturated rings. The van der Waals surface area contributed by atoms with Crippen molar-refractivity contribution in [3.05, 3.63) is 94.5 Å². The molecule has 3 aromatic carbocycles. The van der Waals surface area contributed by atoms with Gasteiger partial charge in [-0.2, -0.15) is 0 Å². The van der Waals surface area contributed by atoms with E-state index >= 15 is 0 Å². The average molecular weight is 433 g/mol. The van der Waals surface area contributed by atoms with Crippen LogP contribution in [0.5, 0.6) is 0 Å². The summed E-state index contributed by atoms with van der Waals surface area (Å²) >= 11 is 11.2. The number of carbonyl (C=O) groups is 2. The summed E-state index contributed by atoms with van der Waals surface area (Å²) < 4.78 is 0. The fourth-order valence-corrected chi connectivity index (χ4v) is 3.79. The summed E-state index contributed by atoms with van der Waals surface area (Å²) in [6, 6.07) is 22.3. The van der Waals surface area contributed by atoms with Crippen LogP contribution in [0.2, 0.25) is 5.02 Å². The number of carbonyl (C=O) groups excluding carboxylic acids is 2. The van der Waals surface area contributed by atoms with E-state index in [1.54, 1.807) is 30.3 Å². The van der Waals surface area contributed by atoms with E-state index in [9.17, 15) is 9.59 Å². The second kappa shape index (κ2) is 8.22. The summed E-state index contributed by atoms with van der Waals surface area (Å²) in [6.45, 7) is 2.03. The van der Waals surface area contributed by atoms with Crippen LogP contribution < -0.4 is 10.2 Å². The predicted molar refractivity (Wildman–Crippen MR) is 124 cm³/mol. The molecule has 1 N–H and O–H groups in total. The van der Waals surface area contributed by atoms with Gasteiger partial charge in [0.2, 0.25) is 0 Å². The Morgan fingerprint density at radius 3 is 2.23 bits per heavy atom. The Kier molecular flexibility index (Phi) is 5.48. The molecule has 0 unspecified atom stereocenters. The molecule has 0 radical (unpaired) electrons. The first kappa shape index (κ1) is 20.0. The zero-order chi connectivity index (χ0) is 21.3. The highest BCUT2D eigenvalue weighted by molar-refractivity contribution is 7.80. The summed E-state index contributed by atoms with van der Waals surface area (Å²) in [5, 5.41) is 3.19. The maximum Gasteiger partial charge on any atom is 0.270 e. The molecule has 4 rings (SSSR count). The van der Waals surface area contributed by atoms with E-state index in [4.69, 9.17) is 23.8 Å².